The van der Waals surface area contributed by atoms with Crippen LogP contribution in [0.1, 0.15) is 29.7 Å². The second-order valence-electron chi connectivity index (χ2n) is 4.29. The highest BCUT2D eigenvalue weighted by molar-refractivity contribution is 9.10. The Morgan fingerprint density at radius 1 is 1.43 bits per heavy atom. The number of aromatic nitrogens is 1. The first kappa shape index (κ1) is 15.2. The molecule has 1 aromatic carbocycles. The molecule has 0 aliphatic rings. The summed E-state index contributed by atoms with van der Waals surface area (Å²) >= 11 is 3.28. The SMILES string of the molecule is CCOC(=O)C(c1ccccc1)c1ncc(Br)cc1C#N. The summed E-state index contributed by atoms with van der Waals surface area (Å²) in [6.07, 6.45) is 1.57. The van der Waals surface area contributed by atoms with Crippen molar-refractivity contribution in [3.8, 4) is 6.07 Å². The van der Waals surface area contributed by atoms with E-state index in [0.29, 0.717) is 15.7 Å². The van der Waals surface area contributed by atoms with Crippen molar-refractivity contribution in [2.24, 2.45) is 0 Å². The summed E-state index contributed by atoms with van der Waals surface area (Å²) in [6, 6.07) is 12.9. The molecule has 1 heterocycles. The number of nitrogens with zero attached hydrogens (tertiary/aromatic N) is 2. The maximum atomic E-state index is 12.3. The molecule has 106 valence electrons. The Bertz CT molecular complexity index is 680. The normalized spacial score (nSPS) is 11.5. The Morgan fingerprint density at radius 2 is 2.14 bits per heavy atom. The van der Waals surface area contributed by atoms with Crippen LogP contribution in [0.5, 0.6) is 0 Å². The van der Waals surface area contributed by atoms with E-state index in [1.807, 2.05) is 30.3 Å². The fraction of sp³-hybridized carbons (Fsp3) is 0.188. The molecule has 4 nitrogen and oxygen atoms in total. The number of carbonyl (C=O) groups is 1. The fourth-order valence-electron chi connectivity index (χ4n) is 2.05. The third-order valence-corrected chi connectivity index (χ3v) is 3.37. The molecular formula is C16H13BrN2O2. The van der Waals surface area contributed by atoms with Gasteiger partial charge in [-0.2, -0.15) is 5.26 Å². The molecule has 0 spiro atoms. The fourth-order valence-corrected chi connectivity index (χ4v) is 2.38. The molecule has 21 heavy (non-hydrogen) atoms. The molecule has 0 saturated carbocycles. The van der Waals surface area contributed by atoms with Crippen LogP contribution < -0.4 is 0 Å². The molecule has 5 heteroatoms. The van der Waals surface area contributed by atoms with Gasteiger partial charge in [0.15, 0.2) is 0 Å². The summed E-state index contributed by atoms with van der Waals surface area (Å²) in [7, 11) is 0. The van der Waals surface area contributed by atoms with Crippen LogP contribution in [0, 0.1) is 11.3 Å². The first-order valence-corrected chi connectivity index (χ1v) is 7.23. The molecule has 0 amide bonds. The standard InChI is InChI=1S/C16H13BrN2O2/c1-2-21-16(20)14(11-6-4-3-5-7-11)15-12(9-18)8-13(17)10-19-15/h3-8,10,14H,2H2,1H3. The van der Waals surface area contributed by atoms with Crippen molar-refractivity contribution < 1.29 is 9.53 Å². The average Bonchev–Trinajstić information content (AvgIpc) is 2.50. The number of halogens is 1. The number of hydrogen-bond donors (Lipinski definition) is 0. The zero-order valence-electron chi connectivity index (χ0n) is 11.4. The second-order valence-corrected chi connectivity index (χ2v) is 5.21. The summed E-state index contributed by atoms with van der Waals surface area (Å²) in [5.74, 6) is -1.11. The predicted molar refractivity (Wildman–Crippen MR) is 81.6 cm³/mol. The second kappa shape index (κ2) is 7.00. The van der Waals surface area contributed by atoms with Crippen molar-refractivity contribution in [3.05, 3.63) is 63.9 Å². The van der Waals surface area contributed by atoms with E-state index >= 15 is 0 Å². The Balaban J connectivity index is 2.56. The Morgan fingerprint density at radius 3 is 2.76 bits per heavy atom. The van der Waals surface area contributed by atoms with Crippen molar-refractivity contribution >= 4 is 21.9 Å². The van der Waals surface area contributed by atoms with Crippen LogP contribution in [0.15, 0.2) is 47.1 Å². The molecule has 1 atom stereocenters. The highest BCUT2D eigenvalue weighted by Gasteiger charge is 2.28. The highest BCUT2D eigenvalue weighted by atomic mass is 79.9. The van der Waals surface area contributed by atoms with Gasteiger partial charge in [0.2, 0.25) is 0 Å². The van der Waals surface area contributed by atoms with Gasteiger partial charge in [0.1, 0.15) is 12.0 Å². The van der Waals surface area contributed by atoms with Crippen LogP contribution in [-0.4, -0.2) is 17.6 Å². The molecule has 0 aliphatic heterocycles. The maximum Gasteiger partial charge on any atom is 0.319 e. The van der Waals surface area contributed by atoms with E-state index in [1.54, 1.807) is 19.2 Å². The van der Waals surface area contributed by atoms with Gasteiger partial charge in [-0.15, -0.1) is 0 Å². The number of ether oxygens (including phenoxy) is 1. The van der Waals surface area contributed by atoms with Crippen molar-refractivity contribution in [2.75, 3.05) is 6.61 Å². The van der Waals surface area contributed by atoms with Crippen molar-refractivity contribution in [1.82, 2.24) is 4.98 Å². The highest BCUT2D eigenvalue weighted by Crippen LogP contribution is 2.28. The van der Waals surface area contributed by atoms with Gasteiger partial charge in [0.25, 0.3) is 0 Å². The summed E-state index contributed by atoms with van der Waals surface area (Å²) in [4.78, 5) is 16.6. The zero-order valence-corrected chi connectivity index (χ0v) is 13.0. The van der Waals surface area contributed by atoms with Gasteiger partial charge in [0, 0.05) is 10.7 Å². The van der Waals surface area contributed by atoms with Crippen LogP contribution in [0.3, 0.4) is 0 Å². The van der Waals surface area contributed by atoms with Crippen LogP contribution in [0.25, 0.3) is 0 Å². The molecule has 0 N–H and O–H groups in total. The lowest BCUT2D eigenvalue weighted by molar-refractivity contribution is -0.143. The first-order chi connectivity index (χ1) is 10.2. The molecule has 0 saturated heterocycles. The maximum absolute atomic E-state index is 12.3. The van der Waals surface area contributed by atoms with E-state index in [1.165, 1.54) is 0 Å². The van der Waals surface area contributed by atoms with Crippen molar-refractivity contribution in [1.29, 1.82) is 5.26 Å². The monoisotopic (exact) mass is 344 g/mol. The Kier molecular flexibility index (Phi) is 5.07. The quantitative estimate of drug-likeness (QED) is 0.797. The topological polar surface area (TPSA) is 63.0 Å². The predicted octanol–water partition coefficient (Wildman–Crippen LogP) is 3.41. The van der Waals surface area contributed by atoms with Crippen molar-refractivity contribution in [2.45, 2.75) is 12.8 Å². The summed E-state index contributed by atoms with van der Waals surface area (Å²) in [6.45, 7) is 2.03. The van der Waals surface area contributed by atoms with Crippen LogP contribution in [-0.2, 0) is 9.53 Å². The number of nitriles is 1. The molecule has 0 aliphatic carbocycles. The van der Waals surface area contributed by atoms with Crippen LogP contribution in [0.4, 0.5) is 0 Å². The van der Waals surface area contributed by atoms with Gasteiger partial charge in [-0.25, -0.2) is 0 Å². The minimum absolute atomic E-state index is 0.278. The van der Waals surface area contributed by atoms with Gasteiger partial charge in [0.05, 0.1) is 17.9 Å². The molecule has 2 rings (SSSR count). The van der Waals surface area contributed by atoms with E-state index in [9.17, 15) is 10.1 Å². The number of pyridine rings is 1. The molecule has 1 unspecified atom stereocenters. The largest absolute Gasteiger partial charge is 0.465 e. The minimum Gasteiger partial charge on any atom is -0.465 e. The summed E-state index contributed by atoms with van der Waals surface area (Å²) in [5, 5.41) is 9.29. The number of hydrogen-bond acceptors (Lipinski definition) is 4. The van der Waals surface area contributed by atoms with Crippen LogP contribution >= 0.6 is 15.9 Å². The van der Waals surface area contributed by atoms with E-state index in [-0.39, 0.29) is 6.61 Å². The number of carbonyl (C=O) groups excluding carboxylic acids is 1. The molecule has 0 radical (unpaired) electrons. The molecular weight excluding hydrogens is 332 g/mol. The molecule has 1 aromatic heterocycles. The Hall–Kier alpha value is -2.19. The Labute approximate surface area is 131 Å². The number of esters is 1. The minimum atomic E-state index is -0.700. The summed E-state index contributed by atoms with van der Waals surface area (Å²) < 4.78 is 5.84. The van der Waals surface area contributed by atoms with Crippen molar-refractivity contribution in [3.63, 3.8) is 0 Å². The van der Waals surface area contributed by atoms with Crippen LogP contribution in [0.2, 0.25) is 0 Å². The number of rotatable bonds is 4. The lowest BCUT2D eigenvalue weighted by atomic mass is 9.92. The zero-order chi connectivity index (χ0) is 15.2. The van der Waals surface area contributed by atoms with Gasteiger partial charge in [-0.3, -0.25) is 9.78 Å². The van der Waals surface area contributed by atoms with E-state index in [2.05, 4.69) is 27.0 Å². The lowest BCUT2D eigenvalue weighted by Crippen LogP contribution is -2.19. The number of benzene rings is 1. The van der Waals surface area contributed by atoms with Gasteiger partial charge >= 0.3 is 5.97 Å². The third-order valence-electron chi connectivity index (χ3n) is 2.93. The average molecular weight is 345 g/mol. The molecule has 0 fully saturated rings. The van der Waals surface area contributed by atoms with Gasteiger partial charge in [-0.05, 0) is 34.5 Å². The first-order valence-electron chi connectivity index (χ1n) is 6.44. The molecule has 2 aromatic rings. The van der Waals surface area contributed by atoms with E-state index in [0.717, 1.165) is 5.56 Å². The van der Waals surface area contributed by atoms with E-state index in [4.69, 9.17) is 4.74 Å². The van der Waals surface area contributed by atoms with Gasteiger partial charge in [-0.1, -0.05) is 30.3 Å². The van der Waals surface area contributed by atoms with E-state index < -0.39 is 11.9 Å². The van der Waals surface area contributed by atoms with Gasteiger partial charge < -0.3 is 4.74 Å². The lowest BCUT2D eigenvalue weighted by Gasteiger charge is -2.16. The third kappa shape index (κ3) is 3.47. The summed E-state index contributed by atoms with van der Waals surface area (Å²) in [5.41, 5.74) is 1.51. The smallest absolute Gasteiger partial charge is 0.319 e. The molecule has 0 bridgehead atoms.